The number of aliphatic hydroxyl groups is 2. The van der Waals surface area contributed by atoms with Crippen LogP contribution in [0.15, 0.2) is 6.07 Å². The monoisotopic (exact) mass is 267 g/mol. The van der Waals surface area contributed by atoms with Crippen molar-refractivity contribution in [1.29, 1.82) is 0 Å². The van der Waals surface area contributed by atoms with Gasteiger partial charge in [-0.2, -0.15) is 0 Å². The highest BCUT2D eigenvalue weighted by Crippen LogP contribution is 2.25. The van der Waals surface area contributed by atoms with Crippen LogP contribution in [-0.2, 0) is 4.79 Å². The number of aromatic nitrogens is 1. The maximum Gasteiger partial charge on any atom is 0.216 e. The number of nitrogens with zero attached hydrogens (tertiary/aromatic N) is 1. The van der Waals surface area contributed by atoms with Gasteiger partial charge in [-0.15, -0.1) is 0 Å². The van der Waals surface area contributed by atoms with Gasteiger partial charge in [0.15, 0.2) is 0 Å². The number of carbonyl (C=O) groups is 1. The molecule has 19 heavy (non-hydrogen) atoms. The predicted molar refractivity (Wildman–Crippen MR) is 72.4 cm³/mol. The molecule has 0 aliphatic heterocycles. The van der Waals surface area contributed by atoms with Gasteiger partial charge < -0.3 is 21.3 Å². The highest BCUT2D eigenvalue weighted by molar-refractivity contribution is 5.72. The number of aryl methyl sites for hydroxylation is 2. The third-order valence-electron chi connectivity index (χ3n) is 2.95. The zero-order valence-electron chi connectivity index (χ0n) is 11.5. The van der Waals surface area contributed by atoms with Gasteiger partial charge in [0.2, 0.25) is 5.91 Å². The van der Waals surface area contributed by atoms with Crippen molar-refractivity contribution in [3.63, 3.8) is 0 Å². The molecule has 0 aliphatic carbocycles. The minimum atomic E-state index is -1.04. The fraction of sp³-hybridized carbons (Fsp3) is 0.538. The van der Waals surface area contributed by atoms with Crippen LogP contribution in [0.5, 0.6) is 0 Å². The number of carbonyl (C=O) groups excluding carboxylic acids is 1. The first-order valence-corrected chi connectivity index (χ1v) is 6.17. The summed E-state index contributed by atoms with van der Waals surface area (Å²) in [6.07, 6.45) is -1.74. The second kappa shape index (κ2) is 6.49. The van der Waals surface area contributed by atoms with Crippen LogP contribution in [0, 0.1) is 13.8 Å². The van der Waals surface area contributed by atoms with Crippen molar-refractivity contribution >= 4 is 11.7 Å². The van der Waals surface area contributed by atoms with E-state index in [1.54, 1.807) is 13.0 Å². The average Bonchev–Trinajstić information content (AvgIpc) is 2.26. The third kappa shape index (κ3) is 4.18. The predicted octanol–water partition coefficient (Wildman–Crippen LogP) is 0.201. The molecule has 0 fully saturated rings. The second-order valence-corrected chi connectivity index (χ2v) is 4.65. The van der Waals surface area contributed by atoms with E-state index in [1.807, 2.05) is 6.92 Å². The fourth-order valence-electron chi connectivity index (χ4n) is 2.06. The summed E-state index contributed by atoms with van der Waals surface area (Å²) in [7, 11) is 0. The normalized spacial score (nSPS) is 13.9. The van der Waals surface area contributed by atoms with Gasteiger partial charge in [-0.3, -0.25) is 4.79 Å². The minimum absolute atomic E-state index is 0.164. The Morgan fingerprint density at radius 3 is 2.63 bits per heavy atom. The van der Waals surface area contributed by atoms with Gasteiger partial charge in [-0.25, -0.2) is 4.98 Å². The Balaban J connectivity index is 2.76. The van der Waals surface area contributed by atoms with Crippen molar-refractivity contribution in [2.45, 2.75) is 39.4 Å². The molecule has 0 saturated heterocycles. The van der Waals surface area contributed by atoms with Crippen LogP contribution in [0.4, 0.5) is 5.82 Å². The molecule has 0 aromatic carbocycles. The summed E-state index contributed by atoms with van der Waals surface area (Å²) in [6, 6.07) is 1.66. The average molecular weight is 267 g/mol. The van der Waals surface area contributed by atoms with E-state index in [-0.39, 0.29) is 12.3 Å². The largest absolute Gasteiger partial charge is 0.390 e. The quantitative estimate of drug-likeness (QED) is 0.609. The van der Waals surface area contributed by atoms with Crippen LogP contribution >= 0.6 is 0 Å². The SMILES string of the molecule is CC(=O)NCCC(O)C(O)c1c(C)cc(N)nc1C. The second-order valence-electron chi connectivity index (χ2n) is 4.65. The van der Waals surface area contributed by atoms with E-state index >= 15 is 0 Å². The number of hydrogen-bond donors (Lipinski definition) is 4. The Morgan fingerprint density at radius 2 is 2.11 bits per heavy atom. The van der Waals surface area contributed by atoms with Gasteiger partial charge in [0.1, 0.15) is 11.9 Å². The van der Waals surface area contributed by atoms with Crippen LogP contribution < -0.4 is 11.1 Å². The van der Waals surface area contributed by atoms with Crippen molar-refractivity contribution in [2.24, 2.45) is 0 Å². The van der Waals surface area contributed by atoms with Crippen LogP contribution in [0.25, 0.3) is 0 Å². The molecule has 106 valence electrons. The van der Waals surface area contributed by atoms with Crippen LogP contribution in [-0.4, -0.2) is 33.8 Å². The lowest BCUT2D eigenvalue weighted by molar-refractivity contribution is -0.119. The zero-order valence-corrected chi connectivity index (χ0v) is 11.5. The van der Waals surface area contributed by atoms with E-state index in [4.69, 9.17) is 5.73 Å². The van der Waals surface area contributed by atoms with Crippen LogP contribution in [0.1, 0.15) is 36.3 Å². The van der Waals surface area contributed by atoms with Crippen molar-refractivity contribution < 1.29 is 15.0 Å². The molecular weight excluding hydrogens is 246 g/mol. The first kappa shape index (κ1) is 15.4. The van der Waals surface area contributed by atoms with Gasteiger partial charge >= 0.3 is 0 Å². The summed E-state index contributed by atoms with van der Waals surface area (Å²) >= 11 is 0. The maximum atomic E-state index is 10.7. The lowest BCUT2D eigenvalue weighted by atomic mass is 9.96. The molecule has 5 N–H and O–H groups in total. The highest BCUT2D eigenvalue weighted by atomic mass is 16.3. The molecule has 1 aromatic heterocycles. The number of rotatable bonds is 5. The maximum absolute atomic E-state index is 10.7. The number of nitrogen functional groups attached to an aromatic ring is 1. The number of anilines is 1. The van der Waals surface area contributed by atoms with Crippen molar-refractivity contribution in [2.75, 3.05) is 12.3 Å². The molecular formula is C13H21N3O3. The molecule has 2 atom stereocenters. The third-order valence-corrected chi connectivity index (χ3v) is 2.95. The van der Waals surface area contributed by atoms with Gasteiger partial charge in [-0.05, 0) is 31.9 Å². The summed E-state index contributed by atoms with van der Waals surface area (Å²) in [5.74, 6) is 0.224. The summed E-state index contributed by atoms with van der Waals surface area (Å²) in [5.41, 5.74) is 7.59. The van der Waals surface area contributed by atoms with E-state index in [9.17, 15) is 15.0 Å². The molecule has 1 amide bonds. The Labute approximate surface area is 112 Å². The lowest BCUT2D eigenvalue weighted by Gasteiger charge is -2.21. The molecule has 0 bridgehead atoms. The molecule has 0 aliphatic rings. The van der Waals surface area contributed by atoms with E-state index in [1.165, 1.54) is 6.92 Å². The Bertz CT molecular complexity index is 439. The number of nitrogens with two attached hydrogens (primary N) is 1. The number of nitrogens with one attached hydrogen (secondary N) is 1. The molecule has 1 heterocycles. The van der Waals surface area contributed by atoms with Crippen molar-refractivity contribution in [3.05, 3.63) is 22.9 Å². The summed E-state index contributed by atoms with van der Waals surface area (Å²) in [6.45, 7) is 5.27. The number of hydrogen-bond acceptors (Lipinski definition) is 5. The fourth-order valence-corrected chi connectivity index (χ4v) is 2.06. The van der Waals surface area contributed by atoms with E-state index in [0.29, 0.717) is 23.6 Å². The molecule has 0 radical (unpaired) electrons. The van der Waals surface area contributed by atoms with Gasteiger partial charge in [0.05, 0.1) is 6.10 Å². The van der Waals surface area contributed by atoms with Gasteiger partial charge in [-0.1, -0.05) is 0 Å². The first-order valence-electron chi connectivity index (χ1n) is 6.17. The first-order chi connectivity index (χ1) is 8.82. The Hall–Kier alpha value is -1.66. The molecule has 6 heteroatoms. The minimum Gasteiger partial charge on any atom is -0.390 e. The highest BCUT2D eigenvalue weighted by Gasteiger charge is 2.22. The Morgan fingerprint density at radius 1 is 1.47 bits per heavy atom. The Kier molecular flexibility index (Phi) is 5.26. The van der Waals surface area contributed by atoms with Gasteiger partial charge in [0.25, 0.3) is 0 Å². The molecule has 1 aromatic rings. The summed E-state index contributed by atoms with van der Waals surface area (Å²) < 4.78 is 0. The standard InChI is InChI=1S/C13H21N3O3/c1-7-6-11(14)16-8(2)12(7)13(19)10(18)4-5-15-9(3)17/h6,10,13,18-19H,4-5H2,1-3H3,(H2,14,16)(H,15,17). The smallest absolute Gasteiger partial charge is 0.216 e. The zero-order chi connectivity index (χ0) is 14.6. The molecule has 1 rings (SSSR count). The van der Waals surface area contributed by atoms with Crippen LogP contribution in [0.2, 0.25) is 0 Å². The summed E-state index contributed by atoms with van der Waals surface area (Å²) in [4.78, 5) is 14.8. The van der Waals surface area contributed by atoms with E-state index < -0.39 is 12.2 Å². The van der Waals surface area contributed by atoms with Crippen molar-refractivity contribution in [1.82, 2.24) is 10.3 Å². The summed E-state index contributed by atoms with van der Waals surface area (Å²) in [5, 5.41) is 22.7. The lowest BCUT2D eigenvalue weighted by Crippen LogP contribution is -2.28. The number of amides is 1. The molecule has 0 spiro atoms. The van der Waals surface area contributed by atoms with Crippen LogP contribution in [0.3, 0.4) is 0 Å². The van der Waals surface area contributed by atoms with Crippen molar-refractivity contribution in [3.8, 4) is 0 Å². The topological polar surface area (TPSA) is 108 Å². The van der Waals surface area contributed by atoms with E-state index in [2.05, 4.69) is 10.3 Å². The number of aliphatic hydroxyl groups excluding tert-OH is 2. The molecule has 0 saturated carbocycles. The molecule has 6 nitrogen and oxygen atoms in total. The molecule has 2 unspecified atom stereocenters. The number of pyridine rings is 1. The van der Waals surface area contributed by atoms with Gasteiger partial charge in [0, 0.05) is 24.7 Å². The van der Waals surface area contributed by atoms with E-state index in [0.717, 1.165) is 5.56 Å².